The minimum atomic E-state index is -2.49. The van der Waals surface area contributed by atoms with E-state index in [-0.39, 0.29) is 5.82 Å². The van der Waals surface area contributed by atoms with Crippen LogP contribution in [0.2, 0.25) is 0 Å². The van der Waals surface area contributed by atoms with Crippen molar-refractivity contribution >= 4 is 36.6 Å². The van der Waals surface area contributed by atoms with Crippen LogP contribution in [-0.2, 0) is 12.6 Å². The normalized spacial score (nSPS) is 11.5. The molecule has 1 heterocycles. The third-order valence-corrected chi connectivity index (χ3v) is 13.1. The Morgan fingerprint density at radius 1 is 0.634 bits per heavy atom. The fraction of sp³-hybridized carbons (Fsp3) is 0.108. The predicted octanol–water partition coefficient (Wildman–Crippen LogP) is 5.01. The minimum Gasteiger partial charge on any atom is -0.345 e. The van der Waals surface area contributed by atoms with Gasteiger partial charge in [0, 0.05) is 18.6 Å². The van der Waals surface area contributed by atoms with Gasteiger partial charge in [-0.1, -0.05) is 153 Å². The Balaban J connectivity index is 1.49. The Hall–Kier alpha value is -4.41. The van der Waals surface area contributed by atoms with Crippen molar-refractivity contribution in [1.29, 1.82) is 0 Å². The highest BCUT2D eigenvalue weighted by Crippen LogP contribution is 2.23. The van der Waals surface area contributed by atoms with E-state index in [1.54, 1.807) is 0 Å². The molecule has 0 aliphatic rings. The number of aromatic nitrogens is 2. The Kier molecular flexibility index (Phi) is 8.11. The van der Waals surface area contributed by atoms with Crippen molar-refractivity contribution in [2.45, 2.75) is 25.3 Å². The maximum absolute atomic E-state index is 4.99. The molecule has 6 aromatic rings. The molecule has 0 bridgehead atoms. The molecule has 0 aliphatic carbocycles. The van der Waals surface area contributed by atoms with Gasteiger partial charge in [-0.25, -0.2) is 0 Å². The van der Waals surface area contributed by atoms with Crippen LogP contribution in [0.25, 0.3) is 0 Å². The lowest BCUT2D eigenvalue weighted by molar-refractivity contribution is 0.889. The summed E-state index contributed by atoms with van der Waals surface area (Å²) in [5, 5.41) is 4.28. The van der Waals surface area contributed by atoms with Gasteiger partial charge in [-0.2, -0.15) is 0 Å². The summed E-state index contributed by atoms with van der Waals surface area (Å²) in [5.41, 5.74) is 5.14. The van der Waals surface area contributed by atoms with Crippen molar-refractivity contribution in [2.75, 3.05) is 0 Å². The SMILES string of the molecule is CCc1cccc([Si](Cn2ccnc2BC(c2ccccc2)c2ccccc2)(c2ccccc2)c2ccccc2)c1. The molecule has 41 heavy (non-hydrogen) atoms. The Morgan fingerprint density at radius 2 is 1.15 bits per heavy atom. The second-order valence-corrected chi connectivity index (χ2v) is 14.6. The molecule has 5 aromatic carbocycles. The third kappa shape index (κ3) is 5.61. The van der Waals surface area contributed by atoms with Gasteiger partial charge < -0.3 is 4.57 Å². The van der Waals surface area contributed by atoms with E-state index in [1.807, 2.05) is 6.20 Å². The van der Waals surface area contributed by atoms with E-state index in [2.05, 4.69) is 163 Å². The van der Waals surface area contributed by atoms with Crippen molar-refractivity contribution in [2.24, 2.45) is 0 Å². The second kappa shape index (κ2) is 12.4. The lowest BCUT2D eigenvalue weighted by atomic mass is 9.58. The zero-order chi connectivity index (χ0) is 27.9. The number of aryl methyl sites for hydroxylation is 1. The molecule has 0 amide bonds. The van der Waals surface area contributed by atoms with Gasteiger partial charge in [0.15, 0.2) is 8.07 Å². The van der Waals surface area contributed by atoms with Crippen LogP contribution in [0.5, 0.6) is 0 Å². The number of nitrogens with zero attached hydrogens (tertiary/aromatic N) is 2. The van der Waals surface area contributed by atoms with Crippen molar-refractivity contribution in [3.05, 3.63) is 175 Å². The van der Waals surface area contributed by atoms with Crippen molar-refractivity contribution in [1.82, 2.24) is 9.55 Å². The van der Waals surface area contributed by atoms with Crippen LogP contribution in [0.4, 0.5) is 0 Å². The summed E-state index contributed by atoms with van der Waals surface area (Å²) in [6.07, 6.45) is 6.09. The summed E-state index contributed by atoms with van der Waals surface area (Å²) < 4.78 is 2.45. The van der Waals surface area contributed by atoms with Crippen LogP contribution >= 0.6 is 0 Å². The van der Waals surface area contributed by atoms with E-state index in [4.69, 9.17) is 4.98 Å². The van der Waals surface area contributed by atoms with E-state index < -0.39 is 8.07 Å². The van der Waals surface area contributed by atoms with E-state index in [9.17, 15) is 0 Å². The van der Waals surface area contributed by atoms with Gasteiger partial charge in [-0.15, -0.1) is 0 Å². The van der Waals surface area contributed by atoms with Gasteiger partial charge in [0.05, 0.1) is 5.72 Å². The molecule has 0 N–H and O–H groups in total. The van der Waals surface area contributed by atoms with Crippen molar-refractivity contribution in [3.8, 4) is 0 Å². The zero-order valence-corrected chi connectivity index (χ0v) is 24.6. The number of hydrogen-bond acceptors (Lipinski definition) is 1. The first-order valence-electron chi connectivity index (χ1n) is 14.6. The van der Waals surface area contributed by atoms with Crippen LogP contribution in [-0.4, -0.2) is 24.9 Å². The molecule has 0 fully saturated rings. The smallest absolute Gasteiger partial charge is 0.217 e. The van der Waals surface area contributed by atoms with E-state index in [0.29, 0.717) is 0 Å². The standard InChI is InChI=1S/C37H35BN2Si/c1-2-30-16-15-25-35(28-30)41(33-21-11-5-12-22-33,34-23-13-6-14-24-34)29-40-27-26-39-37(40)38-36(31-17-7-3-8-18-31)32-19-9-4-10-20-32/h3-28,36,38H,2,29H2,1H3. The van der Waals surface area contributed by atoms with Gasteiger partial charge in [-0.3, -0.25) is 4.98 Å². The highest BCUT2D eigenvalue weighted by atomic mass is 28.3. The number of rotatable bonds is 10. The highest BCUT2D eigenvalue weighted by molar-refractivity contribution is 7.10. The quantitative estimate of drug-likeness (QED) is 0.175. The predicted molar refractivity (Wildman–Crippen MR) is 177 cm³/mol. The molecule has 200 valence electrons. The molecule has 0 saturated carbocycles. The van der Waals surface area contributed by atoms with Crippen LogP contribution in [0.15, 0.2) is 158 Å². The fourth-order valence-electron chi connectivity index (χ4n) is 6.19. The average Bonchev–Trinajstić information content (AvgIpc) is 3.50. The molecule has 0 spiro atoms. The molecule has 0 atom stereocenters. The lowest BCUT2D eigenvalue weighted by Crippen LogP contribution is -2.70. The van der Waals surface area contributed by atoms with Crippen LogP contribution in [0, 0.1) is 0 Å². The van der Waals surface area contributed by atoms with E-state index >= 15 is 0 Å². The van der Waals surface area contributed by atoms with Gasteiger partial charge in [0.1, 0.15) is 0 Å². The maximum atomic E-state index is 4.99. The van der Waals surface area contributed by atoms with Crippen LogP contribution in [0.3, 0.4) is 0 Å². The Morgan fingerprint density at radius 3 is 1.68 bits per heavy atom. The number of imidazole rings is 1. The van der Waals surface area contributed by atoms with E-state index in [1.165, 1.54) is 32.3 Å². The van der Waals surface area contributed by atoms with E-state index in [0.717, 1.165) is 25.6 Å². The minimum absolute atomic E-state index is 0.228. The third-order valence-electron chi connectivity index (χ3n) is 8.36. The molecule has 0 unspecified atom stereocenters. The Labute approximate surface area is 245 Å². The molecule has 4 heteroatoms. The topological polar surface area (TPSA) is 17.8 Å². The second-order valence-electron chi connectivity index (χ2n) is 10.7. The zero-order valence-electron chi connectivity index (χ0n) is 23.6. The molecular formula is C37H35BN2Si. The van der Waals surface area contributed by atoms with Gasteiger partial charge in [-0.05, 0) is 44.5 Å². The van der Waals surface area contributed by atoms with Gasteiger partial charge >= 0.3 is 0 Å². The summed E-state index contributed by atoms with van der Waals surface area (Å²) >= 11 is 0. The molecular weight excluding hydrogens is 511 g/mol. The van der Waals surface area contributed by atoms with Crippen molar-refractivity contribution < 1.29 is 0 Å². The first-order valence-corrected chi connectivity index (χ1v) is 16.8. The summed E-state index contributed by atoms with van der Waals surface area (Å²) in [6.45, 7) is 2.24. The fourth-order valence-corrected chi connectivity index (χ4v) is 10.9. The van der Waals surface area contributed by atoms with Crippen LogP contribution in [0.1, 0.15) is 29.4 Å². The summed E-state index contributed by atoms with van der Waals surface area (Å²) in [6, 6.07) is 53.4. The van der Waals surface area contributed by atoms with Gasteiger partial charge in [0.25, 0.3) is 0 Å². The average molecular weight is 547 g/mol. The molecule has 1 aromatic heterocycles. The molecule has 6 rings (SSSR count). The summed E-state index contributed by atoms with van der Waals surface area (Å²) in [5.74, 6) is 0.228. The van der Waals surface area contributed by atoms with Gasteiger partial charge in [0.2, 0.25) is 7.28 Å². The summed E-state index contributed by atoms with van der Waals surface area (Å²) in [4.78, 5) is 4.99. The van der Waals surface area contributed by atoms with Crippen LogP contribution < -0.4 is 21.3 Å². The first kappa shape index (κ1) is 26.8. The monoisotopic (exact) mass is 546 g/mol. The first-order chi connectivity index (χ1) is 20.3. The molecule has 0 saturated heterocycles. The lowest BCUT2D eigenvalue weighted by Gasteiger charge is -2.35. The summed E-state index contributed by atoms with van der Waals surface area (Å²) in [7, 11) is -1.66. The maximum Gasteiger partial charge on any atom is 0.217 e. The number of hydrogen-bond donors (Lipinski definition) is 0. The van der Waals surface area contributed by atoms with Crippen molar-refractivity contribution in [3.63, 3.8) is 0 Å². The Bertz CT molecular complexity index is 1590. The molecule has 0 aliphatic heterocycles. The molecule has 2 nitrogen and oxygen atoms in total. The largest absolute Gasteiger partial charge is 0.345 e. The number of benzene rings is 5. The highest BCUT2D eigenvalue weighted by Gasteiger charge is 2.40. The molecule has 0 radical (unpaired) electrons.